The standard InChI is InChI=1S/C19H26N6O/c1-13(2)16-19(7-3-4-8-19)12-25(16)18(26)21-11-15-22-17(24-23-15)14-5-9-20-10-6-14/h5-6,9-10,13,16H,3-4,7-8,11-12H2,1-2H3,(H,21,26)(H,22,23,24). The first-order valence-electron chi connectivity index (χ1n) is 9.45. The third-order valence-electron chi connectivity index (χ3n) is 5.82. The van der Waals surface area contributed by atoms with E-state index in [9.17, 15) is 4.79 Å². The maximum atomic E-state index is 12.7. The fourth-order valence-corrected chi connectivity index (χ4v) is 4.81. The van der Waals surface area contributed by atoms with Gasteiger partial charge in [0, 0.05) is 36.0 Å². The highest BCUT2D eigenvalue weighted by molar-refractivity contribution is 5.76. The van der Waals surface area contributed by atoms with Crippen LogP contribution in [0.1, 0.15) is 45.4 Å². The van der Waals surface area contributed by atoms with Gasteiger partial charge in [-0.3, -0.25) is 10.1 Å². The van der Waals surface area contributed by atoms with E-state index in [1.165, 1.54) is 25.7 Å². The molecule has 2 amide bonds. The van der Waals surface area contributed by atoms with E-state index in [-0.39, 0.29) is 6.03 Å². The van der Waals surface area contributed by atoms with Crippen molar-refractivity contribution in [1.82, 2.24) is 30.4 Å². The Morgan fingerprint density at radius 1 is 1.35 bits per heavy atom. The summed E-state index contributed by atoms with van der Waals surface area (Å²) in [5, 5.41) is 10.1. The van der Waals surface area contributed by atoms with Gasteiger partial charge in [-0.05, 0) is 30.9 Å². The molecule has 2 N–H and O–H groups in total. The summed E-state index contributed by atoms with van der Waals surface area (Å²) >= 11 is 0. The van der Waals surface area contributed by atoms with Gasteiger partial charge in [-0.2, -0.15) is 5.10 Å². The highest BCUT2D eigenvalue weighted by Gasteiger charge is 2.56. The number of amides is 2. The van der Waals surface area contributed by atoms with Crippen LogP contribution >= 0.6 is 0 Å². The van der Waals surface area contributed by atoms with Gasteiger partial charge in [-0.25, -0.2) is 9.78 Å². The molecule has 138 valence electrons. The van der Waals surface area contributed by atoms with Gasteiger partial charge in [0.25, 0.3) is 0 Å². The third-order valence-corrected chi connectivity index (χ3v) is 5.82. The van der Waals surface area contributed by atoms with Crippen molar-refractivity contribution >= 4 is 6.03 Å². The van der Waals surface area contributed by atoms with Gasteiger partial charge in [0.05, 0.1) is 6.54 Å². The minimum absolute atomic E-state index is 0.00286. The minimum atomic E-state index is 0.00286. The van der Waals surface area contributed by atoms with Crippen molar-refractivity contribution < 1.29 is 4.79 Å². The van der Waals surface area contributed by atoms with Crippen LogP contribution in [0.4, 0.5) is 4.79 Å². The fraction of sp³-hybridized carbons (Fsp3) is 0.579. The molecule has 4 rings (SSSR count). The van der Waals surface area contributed by atoms with Gasteiger partial charge >= 0.3 is 6.03 Å². The first-order valence-corrected chi connectivity index (χ1v) is 9.45. The van der Waals surface area contributed by atoms with Gasteiger partial charge in [0.2, 0.25) is 0 Å². The molecule has 2 aromatic heterocycles. The lowest BCUT2D eigenvalue weighted by atomic mass is 9.66. The number of nitrogens with zero attached hydrogens (tertiary/aromatic N) is 4. The molecule has 1 atom stereocenters. The molecule has 0 aromatic carbocycles. The zero-order chi connectivity index (χ0) is 18.1. The Morgan fingerprint density at radius 3 is 2.77 bits per heavy atom. The van der Waals surface area contributed by atoms with Crippen molar-refractivity contribution in [2.45, 2.75) is 52.1 Å². The highest BCUT2D eigenvalue weighted by atomic mass is 16.2. The number of hydrogen-bond donors (Lipinski definition) is 2. The summed E-state index contributed by atoms with van der Waals surface area (Å²) in [6, 6.07) is 4.08. The van der Waals surface area contributed by atoms with Gasteiger partial charge in [0.1, 0.15) is 5.82 Å². The molecule has 7 nitrogen and oxygen atoms in total. The quantitative estimate of drug-likeness (QED) is 0.884. The predicted octanol–water partition coefficient (Wildman–Crippen LogP) is 2.98. The molecule has 0 bridgehead atoms. The van der Waals surface area contributed by atoms with Crippen LogP contribution in [0, 0.1) is 11.3 Å². The third kappa shape index (κ3) is 2.95. The number of hydrogen-bond acceptors (Lipinski definition) is 4. The van der Waals surface area contributed by atoms with E-state index in [0.29, 0.717) is 35.6 Å². The van der Waals surface area contributed by atoms with E-state index < -0.39 is 0 Å². The Bertz CT molecular complexity index is 765. The van der Waals surface area contributed by atoms with Crippen LogP contribution in [-0.2, 0) is 6.54 Å². The normalized spacial score (nSPS) is 21.2. The van der Waals surface area contributed by atoms with Crippen LogP contribution in [0.5, 0.6) is 0 Å². The van der Waals surface area contributed by atoms with Crippen LogP contribution < -0.4 is 5.32 Å². The van der Waals surface area contributed by atoms with Crippen LogP contribution in [-0.4, -0.2) is 43.7 Å². The number of aromatic amines is 1. The van der Waals surface area contributed by atoms with E-state index in [2.05, 4.69) is 39.3 Å². The first kappa shape index (κ1) is 17.0. The first-order chi connectivity index (χ1) is 12.6. The molecule has 1 aliphatic heterocycles. The van der Waals surface area contributed by atoms with Crippen molar-refractivity contribution in [3.05, 3.63) is 30.4 Å². The number of H-pyrrole nitrogens is 1. The summed E-state index contributed by atoms with van der Waals surface area (Å²) in [5.74, 6) is 1.75. The Hall–Kier alpha value is -2.44. The Labute approximate surface area is 153 Å². The monoisotopic (exact) mass is 354 g/mol. The summed E-state index contributed by atoms with van der Waals surface area (Å²) in [6.45, 7) is 5.69. The van der Waals surface area contributed by atoms with Crippen molar-refractivity contribution in [1.29, 1.82) is 0 Å². The Balaban J connectivity index is 1.37. The van der Waals surface area contributed by atoms with Crippen LogP contribution in [0.3, 0.4) is 0 Å². The molecule has 1 aliphatic carbocycles. The molecule has 1 spiro atoms. The molecule has 0 radical (unpaired) electrons. The zero-order valence-electron chi connectivity index (χ0n) is 15.4. The second-order valence-electron chi connectivity index (χ2n) is 7.89. The lowest BCUT2D eigenvalue weighted by molar-refractivity contribution is -0.0616. The summed E-state index contributed by atoms with van der Waals surface area (Å²) in [4.78, 5) is 23.1. The van der Waals surface area contributed by atoms with E-state index >= 15 is 0 Å². The van der Waals surface area contributed by atoms with Gasteiger partial charge < -0.3 is 10.2 Å². The number of aromatic nitrogens is 4. The molecule has 2 aliphatic rings. The number of rotatable bonds is 4. The molecule has 3 heterocycles. The van der Waals surface area contributed by atoms with Crippen molar-refractivity contribution in [2.75, 3.05) is 6.54 Å². The number of carbonyl (C=O) groups excluding carboxylic acids is 1. The molecule has 7 heteroatoms. The van der Waals surface area contributed by atoms with E-state index in [4.69, 9.17) is 0 Å². The summed E-state index contributed by atoms with van der Waals surface area (Å²) in [7, 11) is 0. The summed E-state index contributed by atoms with van der Waals surface area (Å²) < 4.78 is 0. The number of urea groups is 1. The lowest BCUT2D eigenvalue weighted by Crippen LogP contribution is -2.68. The number of likely N-dealkylation sites (tertiary alicyclic amines) is 1. The molecular weight excluding hydrogens is 328 g/mol. The molecular formula is C19H26N6O. The second kappa shape index (κ2) is 6.70. The van der Waals surface area contributed by atoms with Gasteiger partial charge in [-0.1, -0.05) is 26.7 Å². The largest absolute Gasteiger partial charge is 0.331 e. The maximum Gasteiger partial charge on any atom is 0.318 e. The average molecular weight is 354 g/mol. The molecule has 2 aromatic rings. The predicted molar refractivity (Wildman–Crippen MR) is 98.1 cm³/mol. The molecule has 26 heavy (non-hydrogen) atoms. The topological polar surface area (TPSA) is 86.8 Å². The molecule has 1 saturated carbocycles. The SMILES string of the molecule is CC(C)C1N(C(=O)NCc2nc(-c3ccncc3)n[nH]2)CC12CCCC2. The second-order valence-corrected chi connectivity index (χ2v) is 7.89. The zero-order valence-corrected chi connectivity index (χ0v) is 15.4. The van der Waals surface area contributed by atoms with Gasteiger partial charge in [-0.15, -0.1) is 0 Å². The van der Waals surface area contributed by atoms with E-state index in [0.717, 1.165) is 12.1 Å². The molecule has 1 saturated heterocycles. The molecule has 2 fully saturated rings. The number of carbonyl (C=O) groups is 1. The fourth-order valence-electron chi connectivity index (χ4n) is 4.81. The van der Waals surface area contributed by atoms with E-state index in [1.807, 2.05) is 17.0 Å². The van der Waals surface area contributed by atoms with Crippen LogP contribution in [0.15, 0.2) is 24.5 Å². The lowest BCUT2D eigenvalue weighted by Gasteiger charge is -2.58. The van der Waals surface area contributed by atoms with Crippen LogP contribution in [0.25, 0.3) is 11.4 Å². The van der Waals surface area contributed by atoms with Crippen molar-refractivity contribution in [2.24, 2.45) is 11.3 Å². The Kier molecular flexibility index (Phi) is 4.38. The number of nitrogens with one attached hydrogen (secondary N) is 2. The highest BCUT2D eigenvalue weighted by Crippen LogP contribution is 2.52. The smallest absolute Gasteiger partial charge is 0.318 e. The van der Waals surface area contributed by atoms with Crippen molar-refractivity contribution in [3.8, 4) is 11.4 Å². The van der Waals surface area contributed by atoms with E-state index in [1.54, 1.807) is 12.4 Å². The minimum Gasteiger partial charge on any atom is -0.331 e. The van der Waals surface area contributed by atoms with Crippen molar-refractivity contribution in [3.63, 3.8) is 0 Å². The maximum absolute atomic E-state index is 12.7. The number of pyridine rings is 1. The average Bonchev–Trinajstić information content (AvgIpc) is 3.29. The van der Waals surface area contributed by atoms with Crippen LogP contribution in [0.2, 0.25) is 0 Å². The Morgan fingerprint density at radius 2 is 2.08 bits per heavy atom. The summed E-state index contributed by atoms with van der Waals surface area (Å²) in [5.41, 5.74) is 1.27. The summed E-state index contributed by atoms with van der Waals surface area (Å²) in [6.07, 6.45) is 8.54. The van der Waals surface area contributed by atoms with Gasteiger partial charge in [0.15, 0.2) is 5.82 Å². The molecule has 1 unspecified atom stereocenters.